The first-order valence-corrected chi connectivity index (χ1v) is 8.28. The molecule has 0 aliphatic heterocycles. The minimum absolute atomic E-state index is 0.0976. The van der Waals surface area contributed by atoms with Gasteiger partial charge in [-0.15, -0.1) is 0 Å². The Labute approximate surface area is 166 Å². The van der Waals surface area contributed by atoms with Gasteiger partial charge in [0.15, 0.2) is 6.61 Å². The average molecular weight is 435 g/mol. The van der Waals surface area contributed by atoms with Gasteiger partial charge in [0.2, 0.25) is 0 Å². The first kappa shape index (κ1) is 22.1. The van der Waals surface area contributed by atoms with E-state index in [0.29, 0.717) is 6.07 Å². The summed E-state index contributed by atoms with van der Waals surface area (Å²) in [5.41, 5.74) is -1.74. The molecule has 0 bridgehead atoms. The predicted molar refractivity (Wildman–Crippen MR) is 94.4 cm³/mol. The summed E-state index contributed by atoms with van der Waals surface area (Å²) in [6.45, 7) is 1.41. The maximum Gasteiger partial charge on any atom is 0.418 e. The molecule has 9 nitrogen and oxygen atoms in total. The zero-order chi connectivity index (χ0) is 21.9. The minimum atomic E-state index is -4.76. The predicted octanol–water partition coefficient (Wildman–Crippen LogP) is 3.26. The Morgan fingerprint density at radius 2 is 2.00 bits per heavy atom. The zero-order valence-electron chi connectivity index (χ0n) is 15.0. The summed E-state index contributed by atoms with van der Waals surface area (Å²) in [5, 5.41) is 16.6. The van der Waals surface area contributed by atoms with E-state index in [4.69, 9.17) is 16.3 Å². The SMILES string of the molecule is Cc1nn(CC(=O)OCC(=O)Nc2ccc(Cl)cc2C(F)(F)F)c(C)c1[N+](=O)[O-]. The highest BCUT2D eigenvalue weighted by atomic mass is 35.5. The van der Waals surface area contributed by atoms with E-state index in [1.807, 2.05) is 5.32 Å². The van der Waals surface area contributed by atoms with Gasteiger partial charge in [-0.25, -0.2) is 0 Å². The molecule has 1 N–H and O–H groups in total. The van der Waals surface area contributed by atoms with Crippen LogP contribution in [0, 0.1) is 24.0 Å². The second-order valence-corrected chi connectivity index (χ2v) is 6.27. The first-order valence-electron chi connectivity index (χ1n) is 7.90. The number of rotatable bonds is 6. The van der Waals surface area contributed by atoms with Crippen LogP contribution in [0.15, 0.2) is 18.2 Å². The van der Waals surface area contributed by atoms with Crippen LogP contribution in [0.25, 0.3) is 0 Å². The highest BCUT2D eigenvalue weighted by molar-refractivity contribution is 6.30. The van der Waals surface area contributed by atoms with Gasteiger partial charge in [0, 0.05) is 5.02 Å². The second kappa shape index (κ2) is 8.47. The number of benzene rings is 1. The lowest BCUT2D eigenvalue weighted by atomic mass is 10.1. The van der Waals surface area contributed by atoms with Crippen LogP contribution in [0.2, 0.25) is 5.02 Å². The molecule has 0 saturated carbocycles. The number of nitrogens with zero attached hydrogens (tertiary/aromatic N) is 3. The molecule has 0 saturated heterocycles. The molecule has 0 spiro atoms. The molecule has 29 heavy (non-hydrogen) atoms. The number of esters is 1. The summed E-state index contributed by atoms with van der Waals surface area (Å²) in [7, 11) is 0. The molecule has 1 aromatic heterocycles. The molecule has 156 valence electrons. The average Bonchev–Trinajstić information content (AvgIpc) is 2.87. The number of carbonyl (C=O) groups excluding carboxylic acids is 2. The van der Waals surface area contributed by atoms with Crippen molar-refractivity contribution in [3.05, 3.63) is 50.3 Å². The van der Waals surface area contributed by atoms with Gasteiger partial charge in [0.05, 0.1) is 16.2 Å². The highest BCUT2D eigenvalue weighted by Crippen LogP contribution is 2.36. The number of anilines is 1. The van der Waals surface area contributed by atoms with E-state index in [1.54, 1.807) is 0 Å². The summed E-state index contributed by atoms with van der Waals surface area (Å²) < 4.78 is 44.8. The standard InChI is InChI=1S/C16H14ClF3N4O5/c1-8-15(24(27)28)9(2)23(22-8)6-14(26)29-7-13(25)21-12-4-3-10(17)5-11(12)16(18,19)20/h3-5H,6-7H2,1-2H3,(H,21,25). The lowest BCUT2D eigenvalue weighted by Gasteiger charge is -2.14. The largest absolute Gasteiger partial charge is 0.454 e. The quantitative estimate of drug-likeness (QED) is 0.423. The van der Waals surface area contributed by atoms with Crippen molar-refractivity contribution in [2.75, 3.05) is 11.9 Å². The molecule has 0 radical (unpaired) electrons. The summed E-state index contributed by atoms with van der Waals surface area (Å²) in [5.74, 6) is -1.96. The zero-order valence-corrected chi connectivity index (χ0v) is 15.8. The number of amides is 1. The number of aromatic nitrogens is 2. The number of ether oxygens (including phenoxy) is 1. The van der Waals surface area contributed by atoms with E-state index in [2.05, 4.69) is 5.10 Å². The minimum Gasteiger partial charge on any atom is -0.454 e. The van der Waals surface area contributed by atoms with Crippen molar-refractivity contribution in [2.24, 2.45) is 0 Å². The van der Waals surface area contributed by atoms with Crippen LogP contribution in [-0.4, -0.2) is 33.2 Å². The Bertz CT molecular complexity index is 974. The topological polar surface area (TPSA) is 116 Å². The fourth-order valence-electron chi connectivity index (χ4n) is 2.47. The number of hydrogen-bond acceptors (Lipinski definition) is 6. The summed E-state index contributed by atoms with van der Waals surface area (Å²) >= 11 is 5.55. The van der Waals surface area contributed by atoms with Crippen LogP contribution < -0.4 is 5.32 Å². The second-order valence-electron chi connectivity index (χ2n) is 5.83. The van der Waals surface area contributed by atoms with Gasteiger partial charge in [-0.1, -0.05) is 11.6 Å². The van der Waals surface area contributed by atoms with Crippen LogP contribution in [0.3, 0.4) is 0 Å². The first-order chi connectivity index (χ1) is 13.4. The lowest BCUT2D eigenvalue weighted by Crippen LogP contribution is -2.24. The fourth-order valence-corrected chi connectivity index (χ4v) is 2.64. The monoisotopic (exact) mass is 434 g/mol. The Morgan fingerprint density at radius 1 is 1.34 bits per heavy atom. The van der Waals surface area contributed by atoms with Crippen molar-refractivity contribution in [1.82, 2.24) is 9.78 Å². The smallest absolute Gasteiger partial charge is 0.418 e. The normalized spacial score (nSPS) is 11.2. The van der Waals surface area contributed by atoms with Crippen LogP contribution >= 0.6 is 11.6 Å². The maximum atomic E-state index is 13.0. The molecule has 13 heteroatoms. The van der Waals surface area contributed by atoms with Gasteiger partial charge < -0.3 is 10.1 Å². The fraction of sp³-hybridized carbons (Fsp3) is 0.312. The van der Waals surface area contributed by atoms with Crippen LogP contribution in [0.1, 0.15) is 17.0 Å². The number of carbonyl (C=O) groups is 2. The molecule has 0 unspecified atom stereocenters. The van der Waals surface area contributed by atoms with Crippen molar-refractivity contribution in [3.8, 4) is 0 Å². The Morgan fingerprint density at radius 3 is 2.55 bits per heavy atom. The van der Waals surface area contributed by atoms with Crippen LogP contribution in [-0.2, 0) is 27.0 Å². The van der Waals surface area contributed by atoms with Gasteiger partial charge in [-0.05, 0) is 32.0 Å². The third-order valence-electron chi connectivity index (χ3n) is 3.73. The number of alkyl halides is 3. The van der Waals surface area contributed by atoms with E-state index in [9.17, 15) is 32.9 Å². The Kier molecular flexibility index (Phi) is 6.47. The van der Waals surface area contributed by atoms with Gasteiger partial charge in [-0.2, -0.15) is 18.3 Å². The van der Waals surface area contributed by atoms with Gasteiger partial charge in [-0.3, -0.25) is 24.4 Å². The number of halogens is 4. The molecule has 1 amide bonds. The number of hydrogen-bond donors (Lipinski definition) is 1. The maximum absolute atomic E-state index is 13.0. The van der Waals surface area contributed by atoms with Crippen molar-refractivity contribution >= 4 is 34.9 Å². The molecule has 2 rings (SSSR count). The molecule has 1 heterocycles. The van der Waals surface area contributed by atoms with Crippen molar-refractivity contribution < 1.29 is 32.4 Å². The van der Waals surface area contributed by atoms with E-state index in [-0.39, 0.29) is 22.1 Å². The third-order valence-corrected chi connectivity index (χ3v) is 3.97. The van der Waals surface area contributed by atoms with Gasteiger partial charge >= 0.3 is 17.8 Å². The van der Waals surface area contributed by atoms with Gasteiger partial charge in [0.1, 0.15) is 17.9 Å². The number of nitro groups is 1. The Balaban J connectivity index is 1.99. The van der Waals surface area contributed by atoms with Crippen molar-refractivity contribution in [3.63, 3.8) is 0 Å². The third kappa shape index (κ3) is 5.44. The summed E-state index contributed by atoms with van der Waals surface area (Å²) in [6, 6.07) is 2.78. The molecular weight excluding hydrogens is 421 g/mol. The molecule has 0 aliphatic rings. The molecule has 0 fully saturated rings. The van der Waals surface area contributed by atoms with E-state index in [0.717, 1.165) is 16.8 Å². The van der Waals surface area contributed by atoms with Crippen LogP contribution in [0.5, 0.6) is 0 Å². The van der Waals surface area contributed by atoms with Crippen LogP contribution in [0.4, 0.5) is 24.5 Å². The molecule has 2 aromatic rings. The number of nitrogens with one attached hydrogen (secondary N) is 1. The Hall–Kier alpha value is -3.15. The van der Waals surface area contributed by atoms with Crippen molar-refractivity contribution in [1.29, 1.82) is 0 Å². The molecular formula is C16H14ClF3N4O5. The highest BCUT2D eigenvalue weighted by Gasteiger charge is 2.34. The van der Waals surface area contributed by atoms with E-state index >= 15 is 0 Å². The molecule has 0 aliphatic carbocycles. The molecule has 0 atom stereocenters. The van der Waals surface area contributed by atoms with E-state index in [1.165, 1.54) is 13.8 Å². The van der Waals surface area contributed by atoms with Gasteiger partial charge in [0.25, 0.3) is 5.91 Å². The van der Waals surface area contributed by atoms with Crippen molar-refractivity contribution in [2.45, 2.75) is 26.6 Å². The summed E-state index contributed by atoms with van der Waals surface area (Å²) in [6.07, 6.45) is -4.76. The number of aryl methyl sites for hydroxylation is 1. The molecule has 1 aromatic carbocycles. The summed E-state index contributed by atoms with van der Waals surface area (Å²) in [4.78, 5) is 34.0. The van der Waals surface area contributed by atoms with E-state index < -0.39 is 47.4 Å². The lowest BCUT2D eigenvalue weighted by molar-refractivity contribution is -0.386.